The Kier molecular flexibility index (Phi) is 5.19. The highest BCUT2D eigenvalue weighted by Crippen LogP contribution is 2.32. The molecule has 1 amide bonds. The first-order valence-corrected chi connectivity index (χ1v) is 8.97. The summed E-state index contributed by atoms with van der Waals surface area (Å²) in [7, 11) is 0. The monoisotopic (exact) mass is 376 g/mol. The van der Waals surface area contributed by atoms with Crippen LogP contribution in [0.15, 0.2) is 48.5 Å². The second kappa shape index (κ2) is 7.34. The first-order chi connectivity index (χ1) is 11.6. The molecule has 122 valence electrons. The molecule has 1 aromatic heterocycles. The highest BCUT2D eigenvalue weighted by Gasteiger charge is 2.16. The van der Waals surface area contributed by atoms with Crippen LogP contribution in [0.2, 0.25) is 10.0 Å². The van der Waals surface area contributed by atoms with E-state index in [2.05, 4.69) is 17.2 Å². The van der Waals surface area contributed by atoms with Gasteiger partial charge in [0.25, 0.3) is 5.91 Å². The third-order valence-corrected chi connectivity index (χ3v) is 5.12. The van der Waals surface area contributed by atoms with E-state index in [0.29, 0.717) is 20.7 Å². The van der Waals surface area contributed by atoms with Crippen LogP contribution in [0.4, 0.5) is 5.13 Å². The highest BCUT2D eigenvalue weighted by molar-refractivity contribution is 7.16. The standard InChI is InChI=1S/C18H14Cl2N2OS/c1-2-15-16(11-6-4-3-5-7-11)21-18(24-15)22-17(23)13-9-8-12(19)10-14(13)20/h3-10H,2H2,1H3,(H,21,22,23). The van der Waals surface area contributed by atoms with Gasteiger partial charge >= 0.3 is 0 Å². The maximum absolute atomic E-state index is 12.4. The summed E-state index contributed by atoms with van der Waals surface area (Å²) in [6, 6.07) is 14.7. The number of hydrogen-bond donors (Lipinski definition) is 1. The van der Waals surface area contributed by atoms with Crippen LogP contribution in [0.5, 0.6) is 0 Å². The van der Waals surface area contributed by atoms with Crippen molar-refractivity contribution in [2.75, 3.05) is 5.32 Å². The second-order valence-electron chi connectivity index (χ2n) is 5.09. The average molecular weight is 377 g/mol. The number of carbonyl (C=O) groups is 1. The minimum absolute atomic E-state index is 0.298. The number of aromatic nitrogens is 1. The molecule has 0 atom stereocenters. The Morgan fingerprint density at radius 3 is 2.58 bits per heavy atom. The summed E-state index contributed by atoms with van der Waals surface area (Å²) in [5.41, 5.74) is 2.31. The molecule has 0 aliphatic carbocycles. The molecule has 3 aromatic rings. The first-order valence-electron chi connectivity index (χ1n) is 7.40. The number of benzene rings is 2. The summed E-state index contributed by atoms with van der Waals surface area (Å²) in [6.07, 6.45) is 0.847. The smallest absolute Gasteiger partial charge is 0.258 e. The van der Waals surface area contributed by atoms with Gasteiger partial charge in [-0.05, 0) is 24.6 Å². The molecule has 1 N–H and O–H groups in total. The van der Waals surface area contributed by atoms with E-state index in [0.717, 1.165) is 22.6 Å². The maximum atomic E-state index is 12.4. The van der Waals surface area contributed by atoms with E-state index in [9.17, 15) is 4.79 Å². The number of carbonyl (C=O) groups excluding carboxylic acids is 1. The number of nitrogens with zero attached hydrogens (tertiary/aromatic N) is 1. The van der Waals surface area contributed by atoms with Crippen molar-refractivity contribution in [1.82, 2.24) is 4.98 Å². The maximum Gasteiger partial charge on any atom is 0.258 e. The van der Waals surface area contributed by atoms with Crippen molar-refractivity contribution in [1.29, 1.82) is 0 Å². The molecule has 0 unspecified atom stereocenters. The molecule has 1 heterocycles. The van der Waals surface area contributed by atoms with Gasteiger partial charge in [-0.3, -0.25) is 10.1 Å². The molecule has 6 heteroatoms. The molecule has 0 aliphatic rings. The lowest BCUT2D eigenvalue weighted by Gasteiger charge is -2.04. The van der Waals surface area contributed by atoms with Gasteiger partial charge in [-0.1, -0.05) is 60.5 Å². The summed E-state index contributed by atoms with van der Waals surface area (Å²) in [6.45, 7) is 2.07. The van der Waals surface area contributed by atoms with Gasteiger partial charge in [0.05, 0.1) is 16.3 Å². The molecule has 0 radical (unpaired) electrons. The van der Waals surface area contributed by atoms with Gasteiger partial charge in [0.2, 0.25) is 0 Å². The van der Waals surface area contributed by atoms with Gasteiger partial charge in [-0.25, -0.2) is 4.98 Å². The lowest BCUT2D eigenvalue weighted by molar-refractivity contribution is 0.102. The number of amides is 1. The second-order valence-corrected chi connectivity index (χ2v) is 7.02. The zero-order chi connectivity index (χ0) is 17.1. The SMILES string of the molecule is CCc1sc(NC(=O)c2ccc(Cl)cc2Cl)nc1-c1ccccc1. The zero-order valence-electron chi connectivity index (χ0n) is 12.8. The average Bonchev–Trinajstić information content (AvgIpc) is 2.98. The summed E-state index contributed by atoms with van der Waals surface area (Å²) in [4.78, 5) is 18.1. The fourth-order valence-electron chi connectivity index (χ4n) is 2.30. The molecule has 0 fully saturated rings. The Morgan fingerprint density at radius 1 is 1.17 bits per heavy atom. The topological polar surface area (TPSA) is 42.0 Å². The third kappa shape index (κ3) is 3.61. The Morgan fingerprint density at radius 2 is 1.92 bits per heavy atom. The molecule has 0 aliphatic heterocycles. The van der Waals surface area contributed by atoms with E-state index in [-0.39, 0.29) is 5.91 Å². The summed E-state index contributed by atoms with van der Waals surface area (Å²) < 4.78 is 0. The van der Waals surface area contributed by atoms with Crippen molar-refractivity contribution in [3.63, 3.8) is 0 Å². The summed E-state index contributed by atoms with van der Waals surface area (Å²) >= 11 is 13.4. The fraction of sp³-hybridized carbons (Fsp3) is 0.111. The normalized spacial score (nSPS) is 10.6. The number of rotatable bonds is 4. The zero-order valence-corrected chi connectivity index (χ0v) is 15.2. The van der Waals surface area contributed by atoms with Gasteiger partial charge in [0.15, 0.2) is 5.13 Å². The number of thiazole rings is 1. The third-order valence-electron chi connectivity index (χ3n) is 3.46. The van der Waals surface area contributed by atoms with Gasteiger partial charge in [0, 0.05) is 15.5 Å². The highest BCUT2D eigenvalue weighted by atomic mass is 35.5. The Balaban J connectivity index is 1.88. The Labute approximate surface area is 154 Å². The predicted octanol–water partition coefficient (Wildman–Crippen LogP) is 5.93. The predicted molar refractivity (Wildman–Crippen MR) is 101 cm³/mol. The lowest BCUT2D eigenvalue weighted by Crippen LogP contribution is -2.12. The number of aryl methyl sites for hydroxylation is 1. The molecule has 3 rings (SSSR count). The van der Waals surface area contributed by atoms with E-state index in [4.69, 9.17) is 23.2 Å². The molecular formula is C18H14Cl2N2OS. The van der Waals surface area contributed by atoms with E-state index >= 15 is 0 Å². The number of nitrogens with one attached hydrogen (secondary N) is 1. The minimum Gasteiger partial charge on any atom is -0.298 e. The lowest BCUT2D eigenvalue weighted by atomic mass is 10.1. The molecule has 24 heavy (non-hydrogen) atoms. The van der Waals surface area contributed by atoms with Crippen molar-refractivity contribution in [3.05, 3.63) is 69.0 Å². The van der Waals surface area contributed by atoms with Crippen LogP contribution in [0.25, 0.3) is 11.3 Å². The number of hydrogen-bond acceptors (Lipinski definition) is 3. The Bertz CT molecular complexity index is 878. The molecule has 3 nitrogen and oxygen atoms in total. The minimum atomic E-state index is -0.298. The fourth-order valence-corrected chi connectivity index (χ4v) is 3.72. The number of halogens is 2. The Hall–Kier alpha value is -1.88. The molecular weight excluding hydrogens is 363 g/mol. The molecule has 0 bridgehead atoms. The summed E-state index contributed by atoms with van der Waals surface area (Å²) in [5, 5.41) is 4.19. The van der Waals surface area contributed by atoms with E-state index in [1.165, 1.54) is 11.3 Å². The van der Waals surface area contributed by atoms with Crippen molar-refractivity contribution in [2.24, 2.45) is 0 Å². The first kappa shape index (κ1) is 17.0. The van der Waals surface area contributed by atoms with E-state index in [1.807, 2.05) is 30.3 Å². The van der Waals surface area contributed by atoms with E-state index < -0.39 is 0 Å². The quantitative estimate of drug-likeness (QED) is 0.612. The van der Waals surface area contributed by atoms with Crippen molar-refractivity contribution < 1.29 is 4.79 Å². The molecule has 0 saturated heterocycles. The van der Waals surface area contributed by atoms with Crippen LogP contribution in [-0.2, 0) is 6.42 Å². The van der Waals surface area contributed by atoms with Crippen LogP contribution >= 0.6 is 34.5 Å². The van der Waals surface area contributed by atoms with Crippen LogP contribution in [0.3, 0.4) is 0 Å². The molecule has 0 saturated carbocycles. The van der Waals surface area contributed by atoms with Crippen molar-refractivity contribution in [3.8, 4) is 11.3 Å². The van der Waals surface area contributed by atoms with Gasteiger partial charge in [-0.2, -0.15) is 0 Å². The van der Waals surface area contributed by atoms with Gasteiger partial charge < -0.3 is 0 Å². The number of anilines is 1. The molecule has 0 spiro atoms. The van der Waals surface area contributed by atoms with Crippen LogP contribution < -0.4 is 5.32 Å². The van der Waals surface area contributed by atoms with Crippen LogP contribution in [-0.4, -0.2) is 10.9 Å². The van der Waals surface area contributed by atoms with E-state index in [1.54, 1.807) is 18.2 Å². The van der Waals surface area contributed by atoms with Crippen LogP contribution in [0.1, 0.15) is 22.2 Å². The van der Waals surface area contributed by atoms with Crippen molar-refractivity contribution in [2.45, 2.75) is 13.3 Å². The van der Waals surface area contributed by atoms with Gasteiger partial charge in [-0.15, -0.1) is 11.3 Å². The van der Waals surface area contributed by atoms with Gasteiger partial charge in [0.1, 0.15) is 0 Å². The molecule has 2 aromatic carbocycles. The van der Waals surface area contributed by atoms with Crippen molar-refractivity contribution >= 4 is 45.6 Å². The largest absolute Gasteiger partial charge is 0.298 e. The summed E-state index contributed by atoms with van der Waals surface area (Å²) in [5.74, 6) is -0.298. The van der Waals surface area contributed by atoms with Crippen LogP contribution in [0, 0.1) is 0 Å².